The minimum absolute atomic E-state index is 0.362. The van der Waals surface area contributed by atoms with E-state index in [1.165, 1.54) is 31.3 Å². The lowest BCUT2D eigenvalue weighted by atomic mass is 9.92. The highest BCUT2D eigenvalue weighted by Crippen LogP contribution is 2.53. The Labute approximate surface area is 86.8 Å². The Bertz CT molecular complexity index is 256. The zero-order chi connectivity index (χ0) is 10.0. The topological polar surface area (TPSA) is 9.23 Å². The van der Waals surface area contributed by atoms with E-state index >= 15 is 0 Å². The van der Waals surface area contributed by atoms with Crippen LogP contribution in [0.1, 0.15) is 39.5 Å². The summed E-state index contributed by atoms with van der Waals surface area (Å²) in [5.74, 6) is 0. The average molecular weight is 192 g/mol. The molecule has 0 aromatic heterocycles. The molecule has 0 saturated heterocycles. The number of hydrogen-bond donors (Lipinski definition) is 0. The summed E-state index contributed by atoms with van der Waals surface area (Å²) >= 11 is 0. The van der Waals surface area contributed by atoms with Crippen molar-refractivity contribution in [3.8, 4) is 0 Å². The Morgan fingerprint density at radius 3 is 2.64 bits per heavy atom. The van der Waals surface area contributed by atoms with E-state index in [0.717, 1.165) is 6.61 Å². The molecule has 2 rings (SSSR count). The van der Waals surface area contributed by atoms with E-state index in [0.29, 0.717) is 11.5 Å². The van der Waals surface area contributed by atoms with Crippen molar-refractivity contribution in [2.24, 2.45) is 5.41 Å². The van der Waals surface area contributed by atoms with Crippen LogP contribution < -0.4 is 0 Å². The summed E-state index contributed by atoms with van der Waals surface area (Å²) < 4.78 is 5.75. The summed E-state index contributed by atoms with van der Waals surface area (Å²) in [7, 11) is 0. The highest BCUT2D eigenvalue weighted by molar-refractivity contribution is 5.34. The Hall–Kier alpha value is -0.560. The predicted octanol–water partition coefficient (Wildman–Crippen LogP) is 3.47. The standard InChI is InChI=1S/C13H20O/c1-11(2)14-10-13(8-9-13)12-6-4-3-5-7-12/h4,6-7,11H,3,5,8-10H2,1-2H3. The molecule has 1 heteroatoms. The van der Waals surface area contributed by atoms with Crippen molar-refractivity contribution in [3.63, 3.8) is 0 Å². The van der Waals surface area contributed by atoms with Gasteiger partial charge in [0.2, 0.25) is 0 Å². The molecule has 0 aliphatic heterocycles. The van der Waals surface area contributed by atoms with Crippen LogP contribution in [-0.2, 0) is 4.74 Å². The molecule has 0 radical (unpaired) electrons. The van der Waals surface area contributed by atoms with Crippen molar-refractivity contribution < 1.29 is 4.74 Å². The molecule has 0 atom stereocenters. The molecule has 0 bridgehead atoms. The highest BCUT2D eigenvalue weighted by atomic mass is 16.5. The molecule has 0 spiro atoms. The van der Waals surface area contributed by atoms with Gasteiger partial charge < -0.3 is 4.74 Å². The minimum Gasteiger partial charge on any atom is -0.378 e. The van der Waals surface area contributed by atoms with Gasteiger partial charge in [-0.05, 0) is 45.1 Å². The summed E-state index contributed by atoms with van der Waals surface area (Å²) in [6, 6.07) is 0. The maximum atomic E-state index is 5.75. The van der Waals surface area contributed by atoms with Gasteiger partial charge >= 0.3 is 0 Å². The highest BCUT2D eigenvalue weighted by Gasteiger charge is 2.45. The average Bonchev–Trinajstić information content (AvgIpc) is 2.97. The lowest BCUT2D eigenvalue weighted by molar-refractivity contribution is 0.0534. The molecule has 78 valence electrons. The summed E-state index contributed by atoms with van der Waals surface area (Å²) in [5.41, 5.74) is 1.94. The van der Waals surface area contributed by atoms with Crippen LogP contribution >= 0.6 is 0 Å². The smallest absolute Gasteiger partial charge is 0.0566 e. The van der Waals surface area contributed by atoms with Gasteiger partial charge in [0.1, 0.15) is 0 Å². The first-order valence-corrected chi connectivity index (χ1v) is 5.72. The van der Waals surface area contributed by atoms with Crippen LogP contribution in [0, 0.1) is 5.41 Å². The second-order valence-corrected chi connectivity index (χ2v) is 4.78. The van der Waals surface area contributed by atoms with Gasteiger partial charge in [-0.15, -0.1) is 0 Å². The molecule has 0 amide bonds. The van der Waals surface area contributed by atoms with E-state index in [1.54, 1.807) is 0 Å². The molecule has 1 saturated carbocycles. The molecule has 1 fully saturated rings. The van der Waals surface area contributed by atoms with Crippen molar-refractivity contribution in [1.82, 2.24) is 0 Å². The second kappa shape index (κ2) is 3.90. The number of hydrogen-bond acceptors (Lipinski definition) is 1. The number of ether oxygens (including phenoxy) is 1. The lowest BCUT2D eigenvalue weighted by Crippen LogP contribution is -2.16. The molecular formula is C13H20O. The van der Waals surface area contributed by atoms with Crippen LogP contribution in [-0.4, -0.2) is 12.7 Å². The van der Waals surface area contributed by atoms with Gasteiger partial charge in [0.05, 0.1) is 12.7 Å². The van der Waals surface area contributed by atoms with Crippen LogP contribution in [0.3, 0.4) is 0 Å². The lowest BCUT2D eigenvalue weighted by Gasteiger charge is -2.20. The fourth-order valence-electron chi connectivity index (χ4n) is 2.00. The number of allylic oxidation sites excluding steroid dienone is 3. The largest absolute Gasteiger partial charge is 0.378 e. The summed E-state index contributed by atoms with van der Waals surface area (Å²) in [6.07, 6.45) is 12.4. The monoisotopic (exact) mass is 192 g/mol. The summed E-state index contributed by atoms with van der Waals surface area (Å²) in [5, 5.41) is 0. The molecule has 0 unspecified atom stereocenters. The predicted molar refractivity (Wildman–Crippen MR) is 59.2 cm³/mol. The van der Waals surface area contributed by atoms with Gasteiger partial charge in [-0.25, -0.2) is 0 Å². The van der Waals surface area contributed by atoms with Crippen LogP contribution in [0.15, 0.2) is 23.8 Å². The Morgan fingerprint density at radius 2 is 2.14 bits per heavy atom. The minimum atomic E-state index is 0.362. The van der Waals surface area contributed by atoms with E-state index in [1.807, 2.05) is 0 Å². The Balaban J connectivity index is 1.95. The summed E-state index contributed by atoms with van der Waals surface area (Å²) in [4.78, 5) is 0. The van der Waals surface area contributed by atoms with Gasteiger partial charge in [-0.2, -0.15) is 0 Å². The van der Waals surface area contributed by atoms with Crippen molar-refractivity contribution in [2.75, 3.05) is 6.61 Å². The van der Waals surface area contributed by atoms with Crippen LogP contribution in [0.25, 0.3) is 0 Å². The van der Waals surface area contributed by atoms with Crippen LogP contribution in [0.5, 0.6) is 0 Å². The fraction of sp³-hybridized carbons (Fsp3) is 0.692. The molecule has 2 aliphatic carbocycles. The van der Waals surface area contributed by atoms with Crippen LogP contribution in [0.2, 0.25) is 0 Å². The zero-order valence-corrected chi connectivity index (χ0v) is 9.25. The van der Waals surface area contributed by atoms with Gasteiger partial charge in [-0.3, -0.25) is 0 Å². The third kappa shape index (κ3) is 2.09. The quantitative estimate of drug-likeness (QED) is 0.662. The molecular weight excluding hydrogens is 172 g/mol. The first-order chi connectivity index (χ1) is 6.73. The molecule has 0 aromatic rings. The van der Waals surface area contributed by atoms with E-state index in [9.17, 15) is 0 Å². The molecule has 14 heavy (non-hydrogen) atoms. The van der Waals surface area contributed by atoms with E-state index < -0.39 is 0 Å². The van der Waals surface area contributed by atoms with Crippen molar-refractivity contribution in [2.45, 2.75) is 45.6 Å². The van der Waals surface area contributed by atoms with Crippen molar-refractivity contribution in [3.05, 3.63) is 23.8 Å². The first kappa shape index (κ1) is 9.97. The second-order valence-electron chi connectivity index (χ2n) is 4.78. The third-order valence-electron chi connectivity index (χ3n) is 3.15. The normalized spacial score (nSPS) is 23.8. The Morgan fingerprint density at radius 1 is 1.36 bits per heavy atom. The van der Waals surface area contributed by atoms with E-state index in [-0.39, 0.29) is 0 Å². The van der Waals surface area contributed by atoms with Gasteiger partial charge in [0, 0.05) is 5.41 Å². The number of rotatable bonds is 4. The maximum Gasteiger partial charge on any atom is 0.0566 e. The molecule has 1 nitrogen and oxygen atoms in total. The summed E-state index contributed by atoms with van der Waals surface area (Å²) in [6.45, 7) is 5.14. The van der Waals surface area contributed by atoms with Crippen LogP contribution in [0.4, 0.5) is 0 Å². The molecule has 2 aliphatic rings. The SMILES string of the molecule is CC(C)OCC1(C2=CCCC=C2)CC1. The molecule has 0 aromatic carbocycles. The van der Waals surface area contributed by atoms with E-state index in [2.05, 4.69) is 32.1 Å². The molecule has 0 heterocycles. The van der Waals surface area contributed by atoms with E-state index in [4.69, 9.17) is 4.74 Å². The van der Waals surface area contributed by atoms with Crippen molar-refractivity contribution in [1.29, 1.82) is 0 Å². The first-order valence-electron chi connectivity index (χ1n) is 5.72. The van der Waals surface area contributed by atoms with Crippen molar-refractivity contribution >= 4 is 0 Å². The zero-order valence-electron chi connectivity index (χ0n) is 9.25. The molecule has 0 N–H and O–H groups in total. The fourth-order valence-corrected chi connectivity index (χ4v) is 2.00. The maximum absolute atomic E-state index is 5.75. The van der Waals surface area contributed by atoms with Gasteiger partial charge in [0.25, 0.3) is 0 Å². The third-order valence-corrected chi connectivity index (χ3v) is 3.15. The Kier molecular flexibility index (Phi) is 2.78. The van der Waals surface area contributed by atoms with Gasteiger partial charge in [0.15, 0.2) is 0 Å². The van der Waals surface area contributed by atoms with Gasteiger partial charge in [-0.1, -0.05) is 18.2 Å².